The summed E-state index contributed by atoms with van der Waals surface area (Å²) >= 11 is 0. The normalized spacial score (nSPS) is 12.6. The van der Waals surface area contributed by atoms with Crippen LogP contribution < -0.4 is 4.90 Å². The molecule has 0 radical (unpaired) electrons. The first kappa shape index (κ1) is 31.7. The van der Waals surface area contributed by atoms with Gasteiger partial charge in [-0.25, -0.2) is 0 Å². The van der Waals surface area contributed by atoms with E-state index in [1.807, 2.05) is 0 Å². The van der Waals surface area contributed by atoms with Crippen LogP contribution in [-0.4, -0.2) is 0 Å². The first-order valence-corrected chi connectivity index (χ1v) is 18.7. The Hall–Kier alpha value is -6.96. The average Bonchev–Trinajstić information content (AvgIpc) is 3.57. The summed E-state index contributed by atoms with van der Waals surface area (Å²) in [6, 6.07) is 81.8. The van der Waals surface area contributed by atoms with Gasteiger partial charge in [0.05, 0.1) is 11.1 Å². The van der Waals surface area contributed by atoms with Gasteiger partial charge < -0.3 is 4.90 Å². The molecule has 0 fully saturated rings. The standard InChI is InChI=1S/C53H37N/c1-4-18-42(19-5-1)53(43-20-6-2-7-21-43)49-27-13-12-25-48(49)52-50(53)28-15-29-51(52)54(44-22-8-3-9-23-44)45-36-34-39(35-37-45)38-30-32-41(33-31-38)47-26-14-17-40-16-10-11-24-46(40)47/h1-37H. The quantitative estimate of drug-likeness (QED) is 0.161. The Morgan fingerprint density at radius 2 is 0.796 bits per heavy atom. The van der Waals surface area contributed by atoms with Gasteiger partial charge in [0, 0.05) is 16.9 Å². The molecular formula is C53H37N. The SMILES string of the molecule is c1ccc(N(c2ccc(-c3ccc(-c4cccc5ccccc45)cc3)cc2)c2cccc3c2-c2ccccc2C3(c2ccccc2)c2ccccc2)cc1. The predicted octanol–water partition coefficient (Wildman–Crippen LogP) is 14.0. The van der Waals surface area contributed by atoms with Gasteiger partial charge in [0.1, 0.15) is 0 Å². The van der Waals surface area contributed by atoms with Gasteiger partial charge in [-0.15, -0.1) is 0 Å². The van der Waals surface area contributed by atoms with E-state index in [4.69, 9.17) is 0 Å². The van der Waals surface area contributed by atoms with E-state index in [1.165, 1.54) is 66.4 Å². The van der Waals surface area contributed by atoms with E-state index in [-0.39, 0.29) is 0 Å². The Morgan fingerprint density at radius 1 is 0.315 bits per heavy atom. The summed E-state index contributed by atoms with van der Waals surface area (Å²) in [5, 5.41) is 2.54. The van der Waals surface area contributed by atoms with Crippen molar-refractivity contribution < 1.29 is 0 Å². The maximum atomic E-state index is 2.43. The number of nitrogens with zero attached hydrogens (tertiary/aromatic N) is 1. The molecule has 1 heteroatoms. The molecule has 0 spiro atoms. The van der Waals surface area contributed by atoms with Crippen molar-refractivity contribution in [3.63, 3.8) is 0 Å². The molecule has 0 heterocycles. The smallest absolute Gasteiger partial charge is 0.0714 e. The van der Waals surface area contributed by atoms with Gasteiger partial charge in [-0.2, -0.15) is 0 Å². The summed E-state index contributed by atoms with van der Waals surface area (Å²) in [5.41, 5.74) is 15.4. The van der Waals surface area contributed by atoms with Gasteiger partial charge in [0.15, 0.2) is 0 Å². The molecule has 9 aromatic carbocycles. The van der Waals surface area contributed by atoms with Crippen LogP contribution in [-0.2, 0) is 5.41 Å². The largest absolute Gasteiger partial charge is 0.310 e. The molecule has 9 aromatic rings. The first-order chi connectivity index (χ1) is 26.8. The van der Waals surface area contributed by atoms with Gasteiger partial charge in [-0.3, -0.25) is 0 Å². The van der Waals surface area contributed by atoms with Crippen molar-refractivity contribution in [2.45, 2.75) is 5.41 Å². The van der Waals surface area contributed by atoms with Crippen molar-refractivity contribution in [3.05, 3.63) is 247 Å². The molecule has 1 aliphatic carbocycles. The summed E-state index contributed by atoms with van der Waals surface area (Å²) in [6.45, 7) is 0. The molecule has 0 bridgehead atoms. The first-order valence-electron chi connectivity index (χ1n) is 18.7. The molecule has 0 atom stereocenters. The highest BCUT2D eigenvalue weighted by Crippen LogP contribution is 2.59. The van der Waals surface area contributed by atoms with Crippen LogP contribution in [0.4, 0.5) is 17.1 Å². The number of hydrogen-bond acceptors (Lipinski definition) is 1. The molecule has 0 N–H and O–H groups in total. The molecule has 54 heavy (non-hydrogen) atoms. The monoisotopic (exact) mass is 687 g/mol. The molecule has 0 aromatic heterocycles. The second kappa shape index (κ2) is 13.2. The van der Waals surface area contributed by atoms with Crippen molar-refractivity contribution in [2.75, 3.05) is 4.90 Å². The Balaban J connectivity index is 1.11. The number of benzene rings is 9. The lowest BCUT2D eigenvalue weighted by atomic mass is 9.68. The molecule has 0 aliphatic heterocycles. The van der Waals surface area contributed by atoms with E-state index < -0.39 is 5.41 Å². The Morgan fingerprint density at radius 3 is 1.50 bits per heavy atom. The van der Waals surface area contributed by atoms with Crippen LogP contribution in [0.2, 0.25) is 0 Å². The molecule has 0 saturated carbocycles. The maximum Gasteiger partial charge on any atom is 0.0714 e. The van der Waals surface area contributed by atoms with Gasteiger partial charge >= 0.3 is 0 Å². The highest BCUT2D eigenvalue weighted by atomic mass is 15.1. The summed E-state index contributed by atoms with van der Waals surface area (Å²) < 4.78 is 0. The van der Waals surface area contributed by atoms with E-state index in [2.05, 4.69) is 229 Å². The average molecular weight is 688 g/mol. The van der Waals surface area contributed by atoms with Crippen molar-refractivity contribution in [1.29, 1.82) is 0 Å². The third-order valence-corrected chi connectivity index (χ3v) is 11.2. The van der Waals surface area contributed by atoms with E-state index in [9.17, 15) is 0 Å². The summed E-state index contributed by atoms with van der Waals surface area (Å²) in [5.74, 6) is 0. The Bertz CT molecular complexity index is 2690. The topological polar surface area (TPSA) is 3.24 Å². The summed E-state index contributed by atoms with van der Waals surface area (Å²) in [4.78, 5) is 2.43. The zero-order chi connectivity index (χ0) is 35.9. The maximum absolute atomic E-state index is 2.43. The lowest BCUT2D eigenvalue weighted by Crippen LogP contribution is -2.28. The minimum Gasteiger partial charge on any atom is -0.310 e. The lowest BCUT2D eigenvalue weighted by molar-refractivity contribution is 0.768. The van der Waals surface area contributed by atoms with Gasteiger partial charge in [-0.1, -0.05) is 194 Å². The molecule has 254 valence electrons. The number of anilines is 3. The second-order valence-electron chi connectivity index (χ2n) is 14.0. The van der Waals surface area contributed by atoms with Crippen molar-refractivity contribution in [2.24, 2.45) is 0 Å². The highest BCUT2D eigenvalue weighted by molar-refractivity contribution is 5.98. The Kier molecular flexibility index (Phi) is 7.78. The van der Waals surface area contributed by atoms with Crippen LogP contribution in [0.15, 0.2) is 224 Å². The number of hydrogen-bond donors (Lipinski definition) is 0. The van der Waals surface area contributed by atoms with Gasteiger partial charge in [-0.05, 0) is 91.2 Å². The lowest BCUT2D eigenvalue weighted by Gasteiger charge is -2.34. The molecule has 0 unspecified atom stereocenters. The van der Waals surface area contributed by atoms with Gasteiger partial charge in [0.25, 0.3) is 0 Å². The fourth-order valence-corrected chi connectivity index (χ4v) is 8.79. The van der Waals surface area contributed by atoms with Crippen LogP contribution in [0.25, 0.3) is 44.2 Å². The van der Waals surface area contributed by atoms with Gasteiger partial charge in [0.2, 0.25) is 0 Å². The minimum atomic E-state index is -0.463. The Labute approximate surface area is 317 Å². The molecule has 0 saturated heterocycles. The molecule has 10 rings (SSSR count). The minimum absolute atomic E-state index is 0.463. The molecular weight excluding hydrogens is 651 g/mol. The number of para-hydroxylation sites is 1. The van der Waals surface area contributed by atoms with Crippen molar-refractivity contribution in [3.8, 4) is 33.4 Å². The zero-order valence-corrected chi connectivity index (χ0v) is 29.8. The van der Waals surface area contributed by atoms with Crippen LogP contribution in [0, 0.1) is 0 Å². The predicted molar refractivity (Wildman–Crippen MR) is 227 cm³/mol. The third-order valence-electron chi connectivity index (χ3n) is 11.2. The van der Waals surface area contributed by atoms with Crippen LogP contribution >= 0.6 is 0 Å². The fraction of sp³-hybridized carbons (Fsp3) is 0.0189. The summed E-state index contributed by atoms with van der Waals surface area (Å²) in [7, 11) is 0. The fourth-order valence-electron chi connectivity index (χ4n) is 8.79. The van der Waals surface area contributed by atoms with E-state index >= 15 is 0 Å². The molecule has 1 nitrogen and oxygen atoms in total. The zero-order valence-electron chi connectivity index (χ0n) is 29.8. The van der Waals surface area contributed by atoms with Crippen molar-refractivity contribution in [1.82, 2.24) is 0 Å². The van der Waals surface area contributed by atoms with Crippen LogP contribution in [0.1, 0.15) is 22.3 Å². The number of fused-ring (bicyclic) bond motifs is 4. The highest BCUT2D eigenvalue weighted by Gasteiger charge is 2.47. The van der Waals surface area contributed by atoms with E-state index in [1.54, 1.807) is 0 Å². The van der Waals surface area contributed by atoms with Crippen molar-refractivity contribution >= 4 is 27.8 Å². The van der Waals surface area contributed by atoms with Crippen LogP contribution in [0.3, 0.4) is 0 Å². The molecule has 1 aliphatic rings. The second-order valence-corrected chi connectivity index (χ2v) is 14.0. The third kappa shape index (κ3) is 5.09. The number of rotatable bonds is 7. The van der Waals surface area contributed by atoms with E-state index in [0.717, 1.165) is 17.1 Å². The summed E-state index contributed by atoms with van der Waals surface area (Å²) in [6.07, 6.45) is 0. The van der Waals surface area contributed by atoms with Crippen LogP contribution in [0.5, 0.6) is 0 Å². The van der Waals surface area contributed by atoms with E-state index in [0.29, 0.717) is 0 Å². The molecule has 0 amide bonds.